The van der Waals surface area contributed by atoms with Gasteiger partial charge in [-0.05, 0) is 31.5 Å². The third-order valence-corrected chi connectivity index (χ3v) is 3.40. The molecule has 1 saturated heterocycles. The first-order valence-corrected chi connectivity index (χ1v) is 6.35. The zero-order valence-corrected chi connectivity index (χ0v) is 10.7. The summed E-state index contributed by atoms with van der Waals surface area (Å²) in [4.78, 5) is 2.32. The van der Waals surface area contributed by atoms with Crippen molar-refractivity contribution >= 4 is 5.69 Å². The molecular formula is C14H22N2O. The van der Waals surface area contributed by atoms with Crippen molar-refractivity contribution in [3.63, 3.8) is 0 Å². The normalized spacial score (nSPS) is 25.7. The Labute approximate surface area is 103 Å². The van der Waals surface area contributed by atoms with Crippen LogP contribution in [-0.4, -0.2) is 37.4 Å². The fraction of sp³-hybridized carbons (Fsp3) is 0.571. The molecular weight excluding hydrogens is 212 g/mol. The summed E-state index contributed by atoms with van der Waals surface area (Å²) in [5.41, 5.74) is 2.49. The van der Waals surface area contributed by atoms with Gasteiger partial charge in [0.2, 0.25) is 0 Å². The molecule has 0 radical (unpaired) electrons. The van der Waals surface area contributed by atoms with Gasteiger partial charge in [-0.2, -0.15) is 0 Å². The lowest BCUT2D eigenvalue weighted by Gasteiger charge is -2.31. The Bertz CT molecular complexity index is 350. The molecule has 2 N–H and O–H groups in total. The van der Waals surface area contributed by atoms with Crippen LogP contribution in [0.25, 0.3) is 0 Å². The van der Waals surface area contributed by atoms with Gasteiger partial charge in [0.15, 0.2) is 0 Å². The van der Waals surface area contributed by atoms with E-state index in [0.717, 1.165) is 19.6 Å². The molecule has 94 valence electrons. The van der Waals surface area contributed by atoms with Crippen molar-refractivity contribution in [3.8, 4) is 0 Å². The largest absolute Gasteiger partial charge is 0.394 e. The standard InChI is InChI=1S/C14H22N2O/c1-11-3-5-13(6-4-11)16-9-12(2)7-15-8-14(16)10-17/h3-6,12,14-15,17H,7-10H2,1-2H3. The minimum atomic E-state index is 0.183. The summed E-state index contributed by atoms with van der Waals surface area (Å²) in [6.45, 7) is 7.43. The molecule has 1 aliphatic rings. The lowest BCUT2D eigenvalue weighted by molar-refractivity contribution is 0.259. The zero-order valence-electron chi connectivity index (χ0n) is 10.7. The second-order valence-corrected chi connectivity index (χ2v) is 5.09. The number of nitrogens with one attached hydrogen (secondary N) is 1. The Kier molecular flexibility index (Phi) is 4.02. The van der Waals surface area contributed by atoms with E-state index < -0.39 is 0 Å². The van der Waals surface area contributed by atoms with Gasteiger partial charge in [-0.3, -0.25) is 0 Å². The highest BCUT2D eigenvalue weighted by Gasteiger charge is 2.23. The van der Waals surface area contributed by atoms with Crippen molar-refractivity contribution in [2.24, 2.45) is 5.92 Å². The Morgan fingerprint density at radius 3 is 2.65 bits per heavy atom. The number of hydrogen-bond acceptors (Lipinski definition) is 3. The number of rotatable bonds is 2. The van der Waals surface area contributed by atoms with Crippen molar-refractivity contribution in [1.82, 2.24) is 5.32 Å². The summed E-state index contributed by atoms with van der Waals surface area (Å²) >= 11 is 0. The van der Waals surface area contributed by atoms with Crippen molar-refractivity contribution in [3.05, 3.63) is 29.8 Å². The predicted molar refractivity (Wildman–Crippen MR) is 71.4 cm³/mol. The number of aryl methyl sites for hydroxylation is 1. The summed E-state index contributed by atoms with van der Waals surface area (Å²) in [6.07, 6.45) is 0. The van der Waals surface area contributed by atoms with Crippen LogP contribution in [0.1, 0.15) is 12.5 Å². The molecule has 0 aliphatic carbocycles. The van der Waals surface area contributed by atoms with E-state index in [1.54, 1.807) is 0 Å². The fourth-order valence-corrected chi connectivity index (χ4v) is 2.37. The summed E-state index contributed by atoms with van der Waals surface area (Å²) in [6, 6.07) is 8.74. The Morgan fingerprint density at radius 1 is 1.29 bits per heavy atom. The maximum atomic E-state index is 9.51. The highest BCUT2D eigenvalue weighted by atomic mass is 16.3. The molecule has 1 fully saturated rings. The molecule has 0 saturated carbocycles. The molecule has 1 aromatic rings. The average Bonchev–Trinajstić information content (AvgIpc) is 2.51. The van der Waals surface area contributed by atoms with E-state index in [4.69, 9.17) is 0 Å². The van der Waals surface area contributed by atoms with E-state index in [-0.39, 0.29) is 12.6 Å². The lowest BCUT2D eigenvalue weighted by Crippen LogP contribution is -2.42. The molecule has 0 amide bonds. The molecule has 1 aromatic carbocycles. The predicted octanol–water partition coefficient (Wildman–Crippen LogP) is 1.40. The van der Waals surface area contributed by atoms with Crippen molar-refractivity contribution in [2.45, 2.75) is 19.9 Å². The first-order valence-electron chi connectivity index (χ1n) is 6.35. The van der Waals surface area contributed by atoms with Crippen LogP contribution in [0.5, 0.6) is 0 Å². The fourth-order valence-electron chi connectivity index (χ4n) is 2.37. The summed E-state index contributed by atoms with van der Waals surface area (Å²) < 4.78 is 0. The Morgan fingerprint density at radius 2 is 2.00 bits per heavy atom. The van der Waals surface area contributed by atoms with Crippen molar-refractivity contribution in [2.75, 3.05) is 31.1 Å². The number of aliphatic hydroxyl groups is 1. The first kappa shape index (κ1) is 12.4. The van der Waals surface area contributed by atoms with Gasteiger partial charge in [0.05, 0.1) is 12.6 Å². The van der Waals surface area contributed by atoms with Crippen LogP contribution in [0, 0.1) is 12.8 Å². The third kappa shape index (κ3) is 2.99. The molecule has 0 bridgehead atoms. The zero-order chi connectivity index (χ0) is 12.3. The van der Waals surface area contributed by atoms with Crippen LogP contribution in [0.2, 0.25) is 0 Å². The molecule has 2 atom stereocenters. The minimum absolute atomic E-state index is 0.183. The Balaban J connectivity index is 2.21. The van der Waals surface area contributed by atoms with E-state index in [1.807, 2.05) is 0 Å². The van der Waals surface area contributed by atoms with Crippen LogP contribution in [0.4, 0.5) is 5.69 Å². The highest BCUT2D eigenvalue weighted by Crippen LogP contribution is 2.20. The molecule has 3 nitrogen and oxygen atoms in total. The SMILES string of the molecule is Cc1ccc(N2CC(C)CNCC2CO)cc1. The number of aliphatic hydroxyl groups excluding tert-OH is 1. The van der Waals surface area contributed by atoms with E-state index in [9.17, 15) is 5.11 Å². The maximum absolute atomic E-state index is 9.51. The van der Waals surface area contributed by atoms with E-state index in [2.05, 4.69) is 48.3 Å². The van der Waals surface area contributed by atoms with Crippen molar-refractivity contribution < 1.29 is 5.11 Å². The van der Waals surface area contributed by atoms with E-state index in [0.29, 0.717) is 5.92 Å². The Hall–Kier alpha value is -1.06. The molecule has 17 heavy (non-hydrogen) atoms. The van der Waals surface area contributed by atoms with Crippen LogP contribution in [0.15, 0.2) is 24.3 Å². The second kappa shape index (κ2) is 5.52. The number of benzene rings is 1. The molecule has 0 spiro atoms. The van der Waals surface area contributed by atoms with Gasteiger partial charge in [0.25, 0.3) is 0 Å². The van der Waals surface area contributed by atoms with Crippen LogP contribution in [-0.2, 0) is 0 Å². The molecule has 2 rings (SSSR count). The third-order valence-electron chi connectivity index (χ3n) is 3.40. The average molecular weight is 234 g/mol. The number of nitrogens with zero attached hydrogens (tertiary/aromatic N) is 1. The highest BCUT2D eigenvalue weighted by molar-refractivity contribution is 5.49. The van der Waals surface area contributed by atoms with Gasteiger partial charge in [-0.15, -0.1) is 0 Å². The first-order chi connectivity index (χ1) is 8.20. The van der Waals surface area contributed by atoms with Crippen LogP contribution < -0.4 is 10.2 Å². The second-order valence-electron chi connectivity index (χ2n) is 5.09. The summed E-state index contributed by atoms with van der Waals surface area (Å²) in [5, 5.41) is 12.9. The molecule has 2 unspecified atom stereocenters. The number of anilines is 1. The van der Waals surface area contributed by atoms with Gasteiger partial charge < -0.3 is 15.3 Å². The quantitative estimate of drug-likeness (QED) is 0.812. The van der Waals surface area contributed by atoms with Crippen LogP contribution >= 0.6 is 0 Å². The topological polar surface area (TPSA) is 35.5 Å². The summed E-state index contributed by atoms with van der Waals surface area (Å²) in [5.74, 6) is 0.604. The van der Waals surface area contributed by atoms with Gasteiger partial charge in [0, 0.05) is 18.8 Å². The lowest BCUT2D eigenvalue weighted by atomic mass is 10.1. The van der Waals surface area contributed by atoms with Gasteiger partial charge >= 0.3 is 0 Å². The minimum Gasteiger partial charge on any atom is -0.394 e. The smallest absolute Gasteiger partial charge is 0.0647 e. The van der Waals surface area contributed by atoms with Gasteiger partial charge in [-0.25, -0.2) is 0 Å². The monoisotopic (exact) mass is 234 g/mol. The van der Waals surface area contributed by atoms with Crippen molar-refractivity contribution in [1.29, 1.82) is 0 Å². The molecule has 1 heterocycles. The van der Waals surface area contributed by atoms with Crippen LogP contribution in [0.3, 0.4) is 0 Å². The number of hydrogen-bond donors (Lipinski definition) is 2. The molecule has 0 aromatic heterocycles. The van der Waals surface area contributed by atoms with E-state index >= 15 is 0 Å². The molecule has 3 heteroatoms. The summed E-state index contributed by atoms with van der Waals surface area (Å²) in [7, 11) is 0. The van der Waals surface area contributed by atoms with E-state index in [1.165, 1.54) is 11.3 Å². The molecule has 1 aliphatic heterocycles. The maximum Gasteiger partial charge on any atom is 0.0647 e. The van der Waals surface area contributed by atoms with Gasteiger partial charge in [-0.1, -0.05) is 24.6 Å². The van der Waals surface area contributed by atoms with Gasteiger partial charge in [0.1, 0.15) is 0 Å².